The zero-order valence-corrected chi connectivity index (χ0v) is 17.7. The first-order valence-corrected chi connectivity index (χ1v) is 11.0. The summed E-state index contributed by atoms with van der Waals surface area (Å²) in [5.74, 6) is 1.37. The van der Waals surface area contributed by atoms with Crippen molar-refractivity contribution in [1.82, 2.24) is 9.62 Å². The van der Waals surface area contributed by atoms with E-state index >= 15 is 0 Å². The Labute approximate surface area is 175 Å². The van der Waals surface area contributed by atoms with Crippen LogP contribution in [0.2, 0.25) is 0 Å². The Bertz CT molecular complexity index is 1010. The van der Waals surface area contributed by atoms with Gasteiger partial charge >= 0.3 is 0 Å². The molecule has 0 saturated carbocycles. The van der Waals surface area contributed by atoms with Gasteiger partial charge in [-0.3, -0.25) is 10.1 Å². The number of ether oxygens (including phenoxy) is 2. The summed E-state index contributed by atoms with van der Waals surface area (Å²) in [5.41, 5.74) is 0.521. The molecule has 2 aromatic carbocycles. The highest BCUT2D eigenvalue weighted by Crippen LogP contribution is 2.29. The van der Waals surface area contributed by atoms with Crippen molar-refractivity contribution in [1.29, 1.82) is 0 Å². The second kappa shape index (κ2) is 9.41. The van der Waals surface area contributed by atoms with E-state index in [1.165, 1.54) is 28.6 Å². The highest BCUT2D eigenvalue weighted by atomic mass is 32.2. The van der Waals surface area contributed by atoms with Crippen LogP contribution in [0.25, 0.3) is 0 Å². The van der Waals surface area contributed by atoms with Crippen LogP contribution in [0, 0.1) is 10.1 Å². The molecule has 2 aromatic rings. The van der Waals surface area contributed by atoms with Crippen molar-refractivity contribution in [3.8, 4) is 11.5 Å². The number of hydrogen-bond donors (Lipinski definition) is 1. The molecule has 10 heteroatoms. The molecule has 30 heavy (non-hydrogen) atoms. The maximum Gasteiger partial charge on any atom is 0.289 e. The fourth-order valence-corrected chi connectivity index (χ4v) is 5.23. The lowest BCUT2D eigenvalue weighted by atomic mass is 10.1. The zero-order chi connectivity index (χ0) is 21.7. The minimum absolute atomic E-state index is 0.0805. The third-order valence-electron chi connectivity index (χ3n) is 5.14. The zero-order valence-electron chi connectivity index (χ0n) is 16.9. The third kappa shape index (κ3) is 4.72. The number of para-hydroxylation sites is 1. The number of piperidine rings is 1. The van der Waals surface area contributed by atoms with Gasteiger partial charge in [0.15, 0.2) is 4.90 Å². The van der Waals surface area contributed by atoms with Gasteiger partial charge in [0.1, 0.15) is 11.5 Å². The fourth-order valence-electron chi connectivity index (χ4n) is 3.54. The Balaban J connectivity index is 1.72. The summed E-state index contributed by atoms with van der Waals surface area (Å²) in [5, 5.41) is 14.7. The maximum atomic E-state index is 13.1. The molecule has 1 saturated heterocycles. The van der Waals surface area contributed by atoms with Crippen LogP contribution in [0.1, 0.15) is 18.4 Å². The van der Waals surface area contributed by atoms with Gasteiger partial charge < -0.3 is 14.8 Å². The Morgan fingerprint density at radius 2 is 1.97 bits per heavy atom. The van der Waals surface area contributed by atoms with Crippen LogP contribution in [0.15, 0.2) is 47.4 Å². The van der Waals surface area contributed by atoms with Crippen LogP contribution in [0.4, 0.5) is 5.69 Å². The van der Waals surface area contributed by atoms with E-state index in [0.29, 0.717) is 31.0 Å². The number of nitro groups is 1. The molecule has 1 aliphatic heterocycles. The predicted molar refractivity (Wildman–Crippen MR) is 111 cm³/mol. The van der Waals surface area contributed by atoms with Crippen molar-refractivity contribution in [2.75, 3.05) is 27.3 Å². The van der Waals surface area contributed by atoms with Gasteiger partial charge in [-0.05, 0) is 25.0 Å². The molecule has 1 heterocycles. The van der Waals surface area contributed by atoms with E-state index in [9.17, 15) is 18.5 Å². The van der Waals surface area contributed by atoms with Crippen molar-refractivity contribution in [3.05, 3.63) is 58.1 Å². The van der Waals surface area contributed by atoms with Gasteiger partial charge in [-0.15, -0.1) is 0 Å². The maximum absolute atomic E-state index is 13.1. The quantitative estimate of drug-likeness (QED) is 0.501. The van der Waals surface area contributed by atoms with Crippen LogP contribution in [0.5, 0.6) is 11.5 Å². The number of nitrogens with zero attached hydrogens (tertiary/aromatic N) is 2. The minimum Gasteiger partial charge on any atom is -0.497 e. The van der Waals surface area contributed by atoms with Crippen molar-refractivity contribution < 1.29 is 22.8 Å². The summed E-state index contributed by atoms with van der Waals surface area (Å²) in [6.07, 6.45) is 1.47. The van der Waals surface area contributed by atoms with Crippen LogP contribution in [0.3, 0.4) is 0 Å². The molecule has 1 fully saturated rings. The molecule has 0 amide bonds. The van der Waals surface area contributed by atoms with Crippen molar-refractivity contribution in [2.24, 2.45) is 0 Å². The lowest BCUT2D eigenvalue weighted by Gasteiger charge is -2.32. The molecule has 0 aliphatic carbocycles. The number of hydrogen-bond acceptors (Lipinski definition) is 7. The number of methoxy groups -OCH3 is 2. The first-order valence-electron chi connectivity index (χ1n) is 9.54. The van der Waals surface area contributed by atoms with E-state index in [2.05, 4.69) is 5.32 Å². The summed E-state index contributed by atoms with van der Waals surface area (Å²) in [7, 11) is -0.798. The van der Waals surface area contributed by atoms with E-state index in [1.807, 2.05) is 12.1 Å². The highest BCUT2D eigenvalue weighted by Gasteiger charge is 2.34. The normalized spacial score (nSPS) is 17.5. The smallest absolute Gasteiger partial charge is 0.289 e. The summed E-state index contributed by atoms with van der Waals surface area (Å²) in [6.45, 7) is 1.07. The second-order valence-corrected chi connectivity index (χ2v) is 8.89. The first-order chi connectivity index (χ1) is 14.4. The van der Waals surface area contributed by atoms with Gasteiger partial charge in [-0.25, -0.2) is 8.42 Å². The van der Waals surface area contributed by atoms with Gasteiger partial charge in [0.25, 0.3) is 5.69 Å². The van der Waals surface area contributed by atoms with Crippen LogP contribution in [-0.2, 0) is 16.6 Å². The minimum atomic E-state index is -3.96. The van der Waals surface area contributed by atoms with Gasteiger partial charge in [-0.1, -0.05) is 18.2 Å². The molecule has 1 atom stereocenters. The van der Waals surface area contributed by atoms with Crippen LogP contribution >= 0.6 is 0 Å². The molecule has 0 aromatic heterocycles. The lowest BCUT2D eigenvalue weighted by Crippen LogP contribution is -2.47. The average molecular weight is 436 g/mol. The van der Waals surface area contributed by atoms with Crippen molar-refractivity contribution >= 4 is 15.7 Å². The van der Waals surface area contributed by atoms with Crippen molar-refractivity contribution in [2.45, 2.75) is 30.3 Å². The predicted octanol–water partition coefficient (Wildman–Crippen LogP) is 2.55. The standard InChI is InChI=1S/C20H25N3O6S/c1-28-17-10-9-15(19(12-17)29-2)13-21-16-6-5-11-22(14-16)30(26,27)20-8-4-3-7-18(20)23(24)25/h3-4,7-10,12,16,21H,5-6,11,13-14H2,1-2H3. The largest absolute Gasteiger partial charge is 0.497 e. The van der Waals surface area contributed by atoms with Gasteiger partial charge in [-0.2, -0.15) is 4.31 Å². The second-order valence-electron chi connectivity index (χ2n) is 6.99. The molecule has 1 aliphatic rings. The number of benzene rings is 2. The van der Waals surface area contributed by atoms with E-state index in [0.717, 1.165) is 12.0 Å². The molecule has 162 valence electrons. The molecular weight excluding hydrogens is 410 g/mol. The van der Waals surface area contributed by atoms with Gasteiger partial charge in [0.2, 0.25) is 10.0 Å². The summed E-state index contributed by atoms with van der Waals surface area (Å²) in [6, 6.07) is 10.9. The molecule has 1 N–H and O–H groups in total. The monoisotopic (exact) mass is 435 g/mol. The Hall–Kier alpha value is -2.69. The number of nitrogens with one attached hydrogen (secondary N) is 1. The Kier molecular flexibility index (Phi) is 6.91. The summed E-state index contributed by atoms with van der Waals surface area (Å²) < 4.78 is 38.1. The van der Waals surface area contributed by atoms with E-state index in [1.54, 1.807) is 20.3 Å². The van der Waals surface area contributed by atoms with Gasteiger partial charge in [0.05, 0.1) is 19.1 Å². The SMILES string of the molecule is COc1ccc(CNC2CCCN(S(=O)(=O)c3ccccc3[N+](=O)[O-])C2)c(OC)c1. The number of sulfonamides is 1. The number of rotatable bonds is 8. The van der Waals surface area contributed by atoms with E-state index in [-0.39, 0.29) is 17.5 Å². The Morgan fingerprint density at radius 3 is 2.67 bits per heavy atom. The first kappa shape index (κ1) is 22.0. The van der Waals surface area contributed by atoms with Crippen LogP contribution in [-0.4, -0.2) is 51.0 Å². The molecule has 0 radical (unpaired) electrons. The molecule has 3 rings (SSSR count). The molecule has 9 nitrogen and oxygen atoms in total. The summed E-state index contributed by atoms with van der Waals surface area (Å²) in [4.78, 5) is 10.3. The third-order valence-corrected chi connectivity index (χ3v) is 7.05. The van der Waals surface area contributed by atoms with E-state index in [4.69, 9.17) is 9.47 Å². The fraction of sp³-hybridized carbons (Fsp3) is 0.400. The molecule has 0 bridgehead atoms. The summed E-state index contributed by atoms with van der Waals surface area (Å²) >= 11 is 0. The lowest BCUT2D eigenvalue weighted by molar-refractivity contribution is -0.387. The molecule has 1 unspecified atom stereocenters. The number of nitro benzene ring substituents is 1. The van der Waals surface area contributed by atoms with Crippen molar-refractivity contribution in [3.63, 3.8) is 0 Å². The Morgan fingerprint density at radius 1 is 1.20 bits per heavy atom. The van der Waals surface area contributed by atoms with E-state index < -0.39 is 20.6 Å². The molecule has 0 spiro atoms. The van der Waals surface area contributed by atoms with Crippen LogP contribution < -0.4 is 14.8 Å². The topological polar surface area (TPSA) is 111 Å². The average Bonchev–Trinajstić information content (AvgIpc) is 2.77. The molecular formula is C20H25N3O6S. The van der Waals surface area contributed by atoms with Gasteiger partial charge in [0, 0.05) is 43.4 Å². The highest BCUT2D eigenvalue weighted by molar-refractivity contribution is 7.89.